The molecule has 4 amide bonds. The average Bonchev–Trinajstić information content (AvgIpc) is 3.42. The summed E-state index contributed by atoms with van der Waals surface area (Å²) in [5, 5.41) is 10.6. The fourth-order valence-corrected chi connectivity index (χ4v) is 9.62. The zero-order valence-corrected chi connectivity index (χ0v) is 30.9. The normalized spacial score (nSPS) is 28.9. The minimum atomic E-state index is -2.70. The first-order valence-corrected chi connectivity index (χ1v) is 17.6. The van der Waals surface area contributed by atoms with Gasteiger partial charge in [0.25, 0.3) is 11.8 Å². The molecule has 3 aromatic rings. The molecule has 0 spiro atoms. The van der Waals surface area contributed by atoms with Crippen molar-refractivity contribution >= 4 is 103 Å². The van der Waals surface area contributed by atoms with Gasteiger partial charge in [0.2, 0.25) is 17.6 Å². The summed E-state index contributed by atoms with van der Waals surface area (Å²) < 4.78 is 79.7. The number of phenols is 1. The number of aromatic hydroxyl groups is 1. The molecule has 2 saturated heterocycles. The van der Waals surface area contributed by atoms with Crippen molar-refractivity contribution in [1.82, 2.24) is 0 Å². The number of hydrogen-bond acceptors (Lipinski definition) is 6. The molecule has 2 aliphatic carbocycles. The Bertz CT molecular complexity index is 2090. The number of carbonyl (C=O) groups excluding carboxylic acids is 4. The quantitative estimate of drug-likeness (QED) is 0.0571. The van der Waals surface area contributed by atoms with E-state index in [1.54, 1.807) is 52.9 Å². The topological polar surface area (TPSA) is 104 Å². The molecule has 0 aromatic heterocycles. The van der Waals surface area contributed by atoms with Crippen molar-refractivity contribution < 1.29 is 51.0 Å². The molecule has 4 aliphatic rings. The molecule has 260 valence electrons. The van der Waals surface area contributed by atoms with Crippen molar-refractivity contribution in [2.24, 2.45) is 17.8 Å². The zero-order chi connectivity index (χ0) is 36.4. The molecular formula is C33H19Cl2F5I2N2O6. The minimum absolute atomic E-state index is 0.0174. The monoisotopic (exact) mass is 958 g/mol. The third-order valence-corrected chi connectivity index (χ3v) is 12.9. The van der Waals surface area contributed by atoms with Gasteiger partial charge in [-0.05, 0) is 106 Å². The molecule has 1 saturated carbocycles. The molecule has 2 aliphatic heterocycles. The summed E-state index contributed by atoms with van der Waals surface area (Å²) in [4.78, 5) is 52.1. The molecular weight excluding hydrogens is 940 g/mol. The first-order chi connectivity index (χ1) is 23.5. The number of nitrogens with zero attached hydrogens (tertiary/aromatic N) is 2. The molecule has 17 heteroatoms. The van der Waals surface area contributed by atoms with Gasteiger partial charge in [-0.25, -0.2) is 26.9 Å². The molecule has 3 aromatic carbocycles. The van der Waals surface area contributed by atoms with Crippen molar-refractivity contribution in [3.63, 3.8) is 0 Å². The number of hydrogen-bond donors (Lipinski definition) is 1. The van der Waals surface area contributed by atoms with Gasteiger partial charge in [0, 0.05) is 9.49 Å². The highest BCUT2D eigenvalue weighted by Crippen LogP contribution is 2.66. The van der Waals surface area contributed by atoms with Crippen LogP contribution < -0.4 is 14.5 Å². The number of imide groups is 2. The molecule has 7 rings (SSSR count). The summed E-state index contributed by atoms with van der Waals surface area (Å²) in [6.07, 6.45) is 0.936. The van der Waals surface area contributed by atoms with Gasteiger partial charge in [0.1, 0.15) is 5.69 Å². The van der Waals surface area contributed by atoms with Crippen LogP contribution in [0.4, 0.5) is 33.3 Å². The number of alkyl halides is 2. The number of halogens is 9. The standard InChI is InChI=1S/C33H19Cl2F5I2N2O6/c1-50-18-9-11(8-17(42)27(18)45)20-14-6-7-15-19(29(47)43(28(15)46)13-4-2-12(41)3-5-13)16(14)10-32(34)30(48)44(31(49)33(20,32)35)26-24(39)22(37)21(36)23(38)25(26)40/h2-6,8-9,15-16,19-20,45H,7,10H2,1H3. The Morgan fingerprint density at radius 2 is 1.44 bits per heavy atom. The van der Waals surface area contributed by atoms with Crippen LogP contribution in [0.2, 0.25) is 0 Å². The van der Waals surface area contributed by atoms with E-state index in [1.165, 1.54) is 19.2 Å². The van der Waals surface area contributed by atoms with Crippen molar-refractivity contribution in [3.05, 3.63) is 89.8 Å². The van der Waals surface area contributed by atoms with Crippen LogP contribution in [0, 0.1) is 54.0 Å². The van der Waals surface area contributed by atoms with Gasteiger partial charge in [0.15, 0.2) is 44.5 Å². The lowest BCUT2D eigenvalue weighted by atomic mass is 9.56. The second-order valence-corrected chi connectivity index (χ2v) is 15.9. The highest BCUT2D eigenvalue weighted by molar-refractivity contribution is 14.1. The Morgan fingerprint density at radius 1 is 0.840 bits per heavy atom. The number of phenolic OH excluding ortho intramolecular Hbond substituents is 1. The zero-order valence-electron chi connectivity index (χ0n) is 25.0. The van der Waals surface area contributed by atoms with Gasteiger partial charge in [-0.3, -0.25) is 24.1 Å². The first-order valence-electron chi connectivity index (χ1n) is 14.7. The Kier molecular flexibility index (Phi) is 8.50. The number of anilines is 2. The van der Waals surface area contributed by atoms with Crippen LogP contribution in [0.15, 0.2) is 48.0 Å². The van der Waals surface area contributed by atoms with Gasteiger partial charge < -0.3 is 9.84 Å². The lowest BCUT2D eigenvalue weighted by molar-refractivity contribution is -0.125. The summed E-state index contributed by atoms with van der Waals surface area (Å²) >= 11 is 18.1. The summed E-state index contributed by atoms with van der Waals surface area (Å²) in [6.45, 7) is 0. The summed E-state index contributed by atoms with van der Waals surface area (Å²) in [5.74, 6) is -21.7. The number of ether oxygens (including phenoxy) is 1. The Hall–Kier alpha value is -3.03. The third kappa shape index (κ3) is 4.57. The molecule has 1 N–H and O–H groups in total. The van der Waals surface area contributed by atoms with Gasteiger partial charge >= 0.3 is 0 Å². The Morgan fingerprint density at radius 3 is 2.04 bits per heavy atom. The third-order valence-electron chi connectivity index (χ3n) is 9.91. The van der Waals surface area contributed by atoms with Crippen LogP contribution in [0.25, 0.3) is 0 Å². The maximum atomic E-state index is 15.2. The van der Waals surface area contributed by atoms with E-state index in [1.807, 2.05) is 0 Å². The van der Waals surface area contributed by atoms with Gasteiger partial charge in [-0.1, -0.05) is 11.6 Å². The van der Waals surface area contributed by atoms with Crippen LogP contribution >= 0.6 is 68.4 Å². The van der Waals surface area contributed by atoms with Crippen LogP contribution in [-0.2, 0) is 19.2 Å². The maximum Gasteiger partial charge on any atom is 0.258 e. The van der Waals surface area contributed by atoms with E-state index in [9.17, 15) is 37.5 Å². The second-order valence-electron chi connectivity index (χ2n) is 12.2. The maximum absolute atomic E-state index is 15.2. The average molecular weight is 959 g/mol. The van der Waals surface area contributed by atoms with E-state index in [-0.39, 0.29) is 37.5 Å². The molecule has 50 heavy (non-hydrogen) atoms. The predicted octanol–water partition coefficient (Wildman–Crippen LogP) is 7.07. The molecule has 6 unspecified atom stereocenters. The first kappa shape index (κ1) is 35.4. The smallest absolute Gasteiger partial charge is 0.258 e. The van der Waals surface area contributed by atoms with Crippen molar-refractivity contribution in [1.29, 1.82) is 0 Å². The fourth-order valence-electron chi connectivity index (χ4n) is 7.70. The van der Waals surface area contributed by atoms with Crippen LogP contribution in [0.5, 0.6) is 11.5 Å². The number of methoxy groups -OCH3 is 1. The fraction of sp³-hybridized carbons (Fsp3) is 0.273. The molecule has 0 radical (unpaired) electrons. The second kappa shape index (κ2) is 12.0. The van der Waals surface area contributed by atoms with Crippen molar-refractivity contribution in [2.75, 3.05) is 16.9 Å². The lowest BCUT2D eigenvalue weighted by Gasteiger charge is -2.50. The van der Waals surface area contributed by atoms with Crippen molar-refractivity contribution in [3.8, 4) is 11.5 Å². The molecule has 8 nitrogen and oxygen atoms in total. The van der Waals surface area contributed by atoms with Crippen LogP contribution in [0.3, 0.4) is 0 Å². The largest absolute Gasteiger partial charge is 0.504 e. The van der Waals surface area contributed by atoms with Crippen LogP contribution in [0.1, 0.15) is 24.3 Å². The van der Waals surface area contributed by atoms with E-state index >= 15 is 8.78 Å². The van der Waals surface area contributed by atoms with Crippen LogP contribution in [-0.4, -0.2) is 45.6 Å². The van der Waals surface area contributed by atoms with Gasteiger partial charge in [0.05, 0.1) is 28.2 Å². The highest BCUT2D eigenvalue weighted by Gasteiger charge is 2.77. The predicted molar refractivity (Wildman–Crippen MR) is 185 cm³/mol. The van der Waals surface area contributed by atoms with Crippen molar-refractivity contribution in [2.45, 2.75) is 28.5 Å². The van der Waals surface area contributed by atoms with E-state index < -0.39 is 98.2 Å². The number of rotatable bonds is 4. The van der Waals surface area contributed by atoms with E-state index in [2.05, 4.69) is 22.6 Å². The number of allylic oxidation sites excluding steroid dienone is 2. The number of amides is 4. The highest BCUT2D eigenvalue weighted by atomic mass is 127. The van der Waals surface area contributed by atoms with E-state index in [0.29, 0.717) is 5.69 Å². The number of fused-ring (bicyclic) bond motifs is 4. The summed E-state index contributed by atoms with van der Waals surface area (Å²) in [6, 6.07) is 9.25. The molecule has 0 bridgehead atoms. The molecule has 3 fully saturated rings. The summed E-state index contributed by atoms with van der Waals surface area (Å²) in [7, 11) is 1.24. The Balaban J connectivity index is 1.45. The van der Waals surface area contributed by atoms with E-state index in [4.69, 9.17) is 27.9 Å². The number of carbonyl (C=O) groups is 4. The Labute approximate surface area is 316 Å². The minimum Gasteiger partial charge on any atom is -0.504 e. The van der Waals surface area contributed by atoms with E-state index in [0.717, 1.165) is 8.47 Å². The van der Waals surface area contributed by atoms with Gasteiger partial charge in [-0.15, -0.1) is 23.2 Å². The lowest BCUT2D eigenvalue weighted by Crippen LogP contribution is -2.60. The number of benzene rings is 3. The summed E-state index contributed by atoms with van der Waals surface area (Å²) in [5.41, 5.74) is -1.20. The SMILES string of the molecule is COc1cc(C2C3=CCC4C(=O)N(c5ccc(I)cc5)C(=O)C4C3CC3(Cl)C(=O)N(c4c(F)c(F)c(F)c(F)c4F)C(=O)C23Cl)cc(I)c1O. The molecule has 6 atom stereocenters. The molecule has 2 heterocycles. The van der Waals surface area contributed by atoms with Gasteiger partial charge in [-0.2, -0.15) is 0 Å².